The van der Waals surface area contributed by atoms with Crippen LogP contribution in [0.25, 0.3) is 0 Å². The van der Waals surface area contributed by atoms with Crippen LogP contribution in [0.15, 0.2) is 0 Å². The third-order valence-electron chi connectivity index (χ3n) is 4.36. The van der Waals surface area contributed by atoms with Gasteiger partial charge in [-0.25, -0.2) is 0 Å². The number of nitrogens with zero attached hydrogens (tertiary/aromatic N) is 1. The van der Waals surface area contributed by atoms with E-state index < -0.39 is 0 Å². The average molecular weight is 253 g/mol. The van der Waals surface area contributed by atoms with E-state index >= 15 is 0 Å². The highest BCUT2D eigenvalue weighted by Gasteiger charge is 2.35. The lowest BCUT2D eigenvalue weighted by molar-refractivity contribution is 0.0130. The first kappa shape index (κ1) is 16.0. The van der Waals surface area contributed by atoms with Crippen LogP contribution in [0.3, 0.4) is 0 Å². The summed E-state index contributed by atoms with van der Waals surface area (Å²) in [5.74, 6) is 0. The van der Waals surface area contributed by atoms with Crippen LogP contribution in [0, 0.1) is 5.41 Å². The first-order valence-corrected chi connectivity index (χ1v) is 7.99. The van der Waals surface area contributed by atoms with Crippen molar-refractivity contribution in [3.8, 4) is 0 Å². The molecule has 1 saturated heterocycles. The lowest BCUT2D eigenvalue weighted by Crippen LogP contribution is -2.53. The molecule has 1 nitrogen and oxygen atoms in total. The summed E-state index contributed by atoms with van der Waals surface area (Å²) in [6.07, 6.45) is 9.91. The van der Waals surface area contributed by atoms with Crippen LogP contribution in [0.5, 0.6) is 0 Å². The second-order valence-corrected chi connectivity index (χ2v) is 8.16. The van der Waals surface area contributed by atoms with Gasteiger partial charge in [0.25, 0.3) is 0 Å². The molecule has 1 atom stereocenters. The highest BCUT2D eigenvalue weighted by Crippen LogP contribution is 2.34. The predicted molar refractivity (Wildman–Crippen MR) is 82.0 cm³/mol. The van der Waals surface area contributed by atoms with Gasteiger partial charge in [-0.05, 0) is 45.6 Å². The summed E-state index contributed by atoms with van der Waals surface area (Å²) in [5.41, 5.74) is 0.698. The second-order valence-electron chi connectivity index (χ2n) is 8.16. The monoisotopic (exact) mass is 253 g/mol. The molecule has 0 spiro atoms. The molecule has 0 saturated carbocycles. The third kappa shape index (κ3) is 4.91. The van der Waals surface area contributed by atoms with Crippen molar-refractivity contribution in [1.29, 1.82) is 0 Å². The third-order valence-corrected chi connectivity index (χ3v) is 4.36. The Hall–Kier alpha value is -0.0400. The molecule has 0 aromatic heterocycles. The van der Waals surface area contributed by atoms with Crippen molar-refractivity contribution in [3.05, 3.63) is 0 Å². The van der Waals surface area contributed by atoms with E-state index in [0.717, 1.165) is 6.04 Å². The maximum atomic E-state index is 2.79. The van der Waals surface area contributed by atoms with E-state index in [-0.39, 0.29) is 0 Å². The van der Waals surface area contributed by atoms with Crippen LogP contribution in [0.1, 0.15) is 86.5 Å². The molecule has 1 aliphatic heterocycles. The molecule has 0 aliphatic carbocycles. The Labute approximate surface area is 115 Å². The topological polar surface area (TPSA) is 3.24 Å². The van der Waals surface area contributed by atoms with Gasteiger partial charge >= 0.3 is 0 Å². The standard InChI is InChI=1S/C17H35N/c1-16(2,3)15-13-11-9-7-8-10-12-14-18(15)17(4,5)6/h15H,7-14H2,1-6H3. The van der Waals surface area contributed by atoms with E-state index in [1.54, 1.807) is 0 Å². The van der Waals surface area contributed by atoms with E-state index in [4.69, 9.17) is 0 Å². The molecule has 1 rings (SSSR count). The van der Waals surface area contributed by atoms with Crippen molar-refractivity contribution in [2.75, 3.05) is 6.54 Å². The van der Waals surface area contributed by atoms with E-state index in [1.165, 1.54) is 51.5 Å². The van der Waals surface area contributed by atoms with Crippen LogP contribution in [-0.2, 0) is 0 Å². The van der Waals surface area contributed by atoms with E-state index in [2.05, 4.69) is 46.4 Å². The van der Waals surface area contributed by atoms with Gasteiger partial charge in [0.2, 0.25) is 0 Å². The zero-order valence-electron chi connectivity index (χ0n) is 13.7. The highest BCUT2D eigenvalue weighted by atomic mass is 15.2. The van der Waals surface area contributed by atoms with Crippen molar-refractivity contribution in [3.63, 3.8) is 0 Å². The molecule has 0 aromatic rings. The van der Waals surface area contributed by atoms with Crippen molar-refractivity contribution in [1.82, 2.24) is 4.90 Å². The second kappa shape index (κ2) is 6.41. The van der Waals surface area contributed by atoms with E-state index in [0.29, 0.717) is 11.0 Å². The molecular weight excluding hydrogens is 218 g/mol. The summed E-state index contributed by atoms with van der Waals surface area (Å²) in [7, 11) is 0. The minimum Gasteiger partial charge on any atom is -0.295 e. The molecule has 0 aromatic carbocycles. The zero-order valence-corrected chi connectivity index (χ0v) is 13.7. The van der Waals surface area contributed by atoms with Gasteiger partial charge in [0.1, 0.15) is 0 Å². The zero-order chi connectivity index (χ0) is 13.8. The summed E-state index contributed by atoms with van der Waals surface area (Å²) in [6.45, 7) is 15.7. The molecule has 1 aliphatic rings. The first-order valence-electron chi connectivity index (χ1n) is 7.99. The minimum atomic E-state index is 0.303. The van der Waals surface area contributed by atoms with Gasteiger partial charge < -0.3 is 0 Å². The fourth-order valence-corrected chi connectivity index (χ4v) is 3.34. The van der Waals surface area contributed by atoms with Crippen LogP contribution >= 0.6 is 0 Å². The smallest absolute Gasteiger partial charge is 0.0149 e. The highest BCUT2D eigenvalue weighted by molar-refractivity contribution is 4.90. The summed E-state index contributed by atoms with van der Waals surface area (Å²) in [5, 5.41) is 0. The van der Waals surface area contributed by atoms with Gasteiger partial charge in [0.15, 0.2) is 0 Å². The Kier molecular flexibility index (Phi) is 5.70. The van der Waals surface area contributed by atoms with Gasteiger partial charge in [-0.2, -0.15) is 0 Å². The molecule has 108 valence electrons. The minimum absolute atomic E-state index is 0.303. The van der Waals surface area contributed by atoms with Crippen LogP contribution in [-0.4, -0.2) is 23.0 Å². The fourth-order valence-electron chi connectivity index (χ4n) is 3.34. The van der Waals surface area contributed by atoms with Gasteiger partial charge in [-0.15, -0.1) is 0 Å². The summed E-state index contributed by atoms with van der Waals surface area (Å²) in [4.78, 5) is 2.79. The Morgan fingerprint density at radius 2 is 1.22 bits per heavy atom. The molecule has 0 radical (unpaired) electrons. The SMILES string of the molecule is CC(C)(C)C1CCCCCCCCN1C(C)(C)C. The molecule has 1 heteroatoms. The van der Waals surface area contributed by atoms with E-state index in [1.807, 2.05) is 0 Å². The van der Waals surface area contributed by atoms with Gasteiger partial charge in [-0.3, -0.25) is 4.90 Å². The molecule has 18 heavy (non-hydrogen) atoms. The molecule has 1 heterocycles. The maximum absolute atomic E-state index is 2.79. The van der Waals surface area contributed by atoms with Crippen LogP contribution in [0.2, 0.25) is 0 Å². The molecule has 1 unspecified atom stereocenters. The number of hydrogen-bond acceptors (Lipinski definition) is 1. The normalized spacial score (nSPS) is 26.0. The molecular formula is C17H35N. The van der Waals surface area contributed by atoms with Gasteiger partial charge in [0.05, 0.1) is 0 Å². The van der Waals surface area contributed by atoms with E-state index in [9.17, 15) is 0 Å². The number of rotatable bonds is 0. The Balaban J connectivity index is 2.85. The molecule has 0 amide bonds. The van der Waals surface area contributed by atoms with Crippen molar-refractivity contribution in [2.45, 2.75) is 98.1 Å². The van der Waals surface area contributed by atoms with Crippen molar-refractivity contribution in [2.24, 2.45) is 5.41 Å². The lowest BCUT2D eigenvalue weighted by atomic mass is 9.80. The maximum Gasteiger partial charge on any atom is 0.0149 e. The molecule has 1 fully saturated rings. The lowest BCUT2D eigenvalue weighted by Gasteiger charge is -2.48. The number of hydrogen-bond donors (Lipinski definition) is 0. The Morgan fingerprint density at radius 1 is 0.722 bits per heavy atom. The molecule has 0 N–H and O–H groups in total. The van der Waals surface area contributed by atoms with Crippen LogP contribution in [0.4, 0.5) is 0 Å². The quantitative estimate of drug-likeness (QED) is 0.570. The largest absolute Gasteiger partial charge is 0.295 e. The van der Waals surface area contributed by atoms with Crippen molar-refractivity contribution >= 4 is 0 Å². The summed E-state index contributed by atoms with van der Waals surface area (Å²) >= 11 is 0. The van der Waals surface area contributed by atoms with Crippen LogP contribution < -0.4 is 0 Å². The fraction of sp³-hybridized carbons (Fsp3) is 1.00. The predicted octanol–water partition coefficient (Wildman–Crippen LogP) is 5.25. The Bertz CT molecular complexity index is 205. The van der Waals surface area contributed by atoms with Gasteiger partial charge in [0, 0.05) is 11.6 Å². The summed E-state index contributed by atoms with van der Waals surface area (Å²) < 4.78 is 0. The molecule has 0 bridgehead atoms. The first-order chi connectivity index (χ1) is 8.23. The van der Waals surface area contributed by atoms with Crippen molar-refractivity contribution < 1.29 is 0 Å². The summed E-state index contributed by atoms with van der Waals surface area (Å²) in [6, 6.07) is 0.732. The Morgan fingerprint density at radius 3 is 1.72 bits per heavy atom. The van der Waals surface area contributed by atoms with Gasteiger partial charge in [-0.1, -0.05) is 52.9 Å². The average Bonchev–Trinajstić information content (AvgIpc) is 2.22.